The third-order valence-corrected chi connectivity index (χ3v) is 2.12. The van der Waals surface area contributed by atoms with Gasteiger partial charge in [0.15, 0.2) is 0 Å². The Morgan fingerprint density at radius 3 is 2.73 bits per heavy atom. The predicted molar refractivity (Wildman–Crippen MR) is 54.3 cm³/mol. The highest BCUT2D eigenvalue weighted by Gasteiger charge is 2.09. The van der Waals surface area contributed by atoms with E-state index in [4.69, 9.17) is 5.26 Å². The number of anilines is 1. The zero-order valence-corrected chi connectivity index (χ0v) is 8.43. The molecule has 0 saturated heterocycles. The van der Waals surface area contributed by atoms with E-state index in [0.29, 0.717) is 12.8 Å². The number of nitrogens with one attached hydrogen (secondary N) is 1. The fourth-order valence-electron chi connectivity index (χ4n) is 1.23. The van der Waals surface area contributed by atoms with Crippen molar-refractivity contribution in [2.45, 2.75) is 25.8 Å². The highest BCUT2D eigenvalue weighted by atomic mass is 19.1. The van der Waals surface area contributed by atoms with Gasteiger partial charge in [-0.05, 0) is 18.6 Å². The normalized spacial score (nSPS) is 11.9. The minimum Gasteiger partial charge on any atom is -0.379 e. The van der Waals surface area contributed by atoms with Crippen molar-refractivity contribution in [1.82, 2.24) is 0 Å². The standard InChI is InChI=1S/C11H12F2N2/c1-2-9(5-6-14)15-11-4-3-8(12)7-10(11)13/h3-4,7,9,15H,2,5H2,1H3. The van der Waals surface area contributed by atoms with Gasteiger partial charge in [0.25, 0.3) is 0 Å². The van der Waals surface area contributed by atoms with E-state index >= 15 is 0 Å². The minimum atomic E-state index is -0.633. The monoisotopic (exact) mass is 210 g/mol. The smallest absolute Gasteiger partial charge is 0.149 e. The van der Waals surface area contributed by atoms with E-state index in [1.165, 1.54) is 12.1 Å². The highest BCUT2D eigenvalue weighted by molar-refractivity contribution is 5.45. The molecule has 0 aliphatic rings. The van der Waals surface area contributed by atoms with Crippen molar-refractivity contribution in [3.63, 3.8) is 0 Å². The summed E-state index contributed by atoms with van der Waals surface area (Å²) in [5, 5.41) is 11.4. The van der Waals surface area contributed by atoms with Gasteiger partial charge in [-0.3, -0.25) is 0 Å². The molecule has 0 bridgehead atoms. The van der Waals surface area contributed by atoms with Crippen molar-refractivity contribution in [1.29, 1.82) is 5.26 Å². The van der Waals surface area contributed by atoms with Gasteiger partial charge in [-0.1, -0.05) is 6.92 Å². The van der Waals surface area contributed by atoms with Crippen molar-refractivity contribution in [3.05, 3.63) is 29.8 Å². The van der Waals surface area contributed by atoms with E-state index in [9.17, 15) is 8.78 Å². The molecule has 1 unspecified atom stereocenters. The number of hydrogen-bond acceptors (Lipinski definition) is 2. The van der Waals surface area contributed by atoms with Crippen LogP contribution in [0.2, 0.25) is 0 Å². The van der Waals surface area contributed by atoms with Crippen LogP contribution in [0.1, 0.15) is 19.8 Å². The van der Waals surface area contributed by atoms with Crippen LogP contribution in [0.15, 0.2) is 18.2 Å². The van der Waals surface area contributed by atoms with E-state index in [1.807, 2.05) is 13.0 Å². The first-order valence-electron chi connectivity index (χ1n) is 4.76. The Morgan fingerprint density at radius 2 is 2.20 bits per heavy atom. The van der Waals surface area contributed by atoms with Gasteiger partial charge in [-0.15, -0.1) is 0 Å². The van der Waals surface area contributed by atoms with Gasteiger partial charge in [-0.25, -0.2) is 8.78 Å². The van der Waals surface area contributed by atoms with Crippen LogP contribution in [0.25, 0.3) is 0 Å². The second-order valence-electron chi connectivity index (χ2n) is 3.24. The molecule has 0 aliphatic heterocycles. The number of benzene rings is 1. The molecule has 1 N–H and O–H groups in total. The molecule has 1 atom stereocenters. The van der Waals surface area contributed by atoms with Crippen LogP contribution in [0.3, 0.4) is 0 Å². The van der Waals surface area contributed by atoms with Crippen LogP contribution in [-0.4, -0.2) is 6.04 Å². The Balaban J connectivity index is 2.75. The molecule has 15 heavy (non-hydrogen) atoms. The lowest BCUT2D eigenvalue weighted by atomic mass is 10.1. The summed E-state index contributed by atoms with van der Waals surface area (Å²) in [5.41, 5.74) is 0.235. The maximum Gasteiger partial charge on any atom is 0.149 e. The molecule has 0 spiro atoms. The summed E-state index contributed by atoms with van der Waals surface area (Å²) < 4.78 is 25.8. The lowest BCUT2D eigenvalue weighted by Crippen LogP contribution is -2.18. The Kier molecular flexibility index (Phi) is 4.04. The molecule has 2 nitrogen and oxygen atoms in total. The summed E-state index contributed by atoms with van der Waals surface area (Å²) in [6.45, 7) is 1.90. The summed E-state index contributed by atoms with van der Waals surface area (Å²) in [6, 6.07) is 5.25. The number of rotatable bonds is 4. The lowest BCUT2D eigenvalue weighted by Gasteiger charge is -2.15. The zero-order valence-electron chi connectivity index (χ0n) is 8.43. The van der Waals surface area contributed by atoms with Gasteiger partial charge in [0.1, 0.15) is 11.6 Å². The van der Waals surface area contributed by atoms with Crippen LogP contribution in [-0.2, 0) is 0 Å². The Bertz CT molecular complexity index is 371. The molecule has 0 heterocycles. The van der Waals surface area contributed by atoms with Crippen LogP contribution in [0.4, 0.5) is 14.5 Å². The van der Waals surface area contributed by atoms with Gasteiger partial charge in [-0.2, -0.15) is 5.26 Å². The first-order valence-corrected chi connectivity index (χ1v) is 4.76. The highest BCUT2D eigenvalue weighted by Crippen LogP contribution is 2.17. The van der Waals surface area contributed by atoms with Crippen molar-refractivity contribution in [3.8, 4) is 6.07 Å². The molecule has 0 radical (unpaired) electrons. The van der Waals surface area contributed by atoms with E-state index in [1.54, 1.807) is 0 Å². The molecular formula is C11H12F2N2. The van der Waals surface area contributed by atoms with Gasteiger partial charge in [0, 0.05) is 12.1 Å². The topological polar surface area (TPSA) is 35.8 Å². The molecule has 0 aliphatic carbocycles. The molecule has 0 saturated carbocycles. The van der Waals surface area contributed by atoms with Crippen molar-refractivity contribution < 1.29 is 8.78 Å². The molecule has 1 aromatic rings. The first kappa shape index (κ1) is 11.4. The molecule has 80 valence electrons. The first-order chi connectivity index (χ1) is 7.17. The average Bonchev–Trinajstić information content (AvgIpc) is 2.21. The number of nitrogens with zero attached hydrogens (tertiary/aromatic N) is 1. The van der Waals surface area contributed by atoms with Crippen LogP contribution in [0.5, 0.6) is 0 Å². The predicted octanol–water partition coefficient (Wildman–Crippen LogP) is 3.07. The van der Waals surface area contributed by atoms with Crippen molar-refractivity contribution in [2.24, 2.45) is 0 Å². The molecule has 0 fully saturated rings. The quantitative estimate of drug-likeness (QED) is 0.828. The van der Waals surface area contributed by atoms with E-state index < -0.39 is 11.6 Å². The van der Waals surface area contributed by atoms with Gasteiger partial charge < -0.3 is 5.32 Å². The fraction of sp³-hybridized carbons (Fsp3) is 0.364. The summed E-state index contributed by atoms with van der Waals surface area (Å²) in [6.07, 6.45) is 1.01. The van der Waals surface area contributed by atoms with Crippen LogP contribution in [0, 0.1) is 23.0 Å². The van der Waals surface area contributed by atoms with Crippen LogP contribution >= 0.6 is 0 Å². The molecule has 4 heteroatoms. The summed E-state index contributed by atoms with van der Waals surface area (Å²) in [5.74, 6) is -1.24. The zero-order chi connectivity index (χ0) is 11.3. The fourth-order valence-corrected chi connectivity index (χ4v) is 1.23. The third kappa shape index (κ3) is 3.21. The number of nitriles is 1. The summed E-state index contributed by atoms with van der Waals surface area (Å²) in [4.78, 5) is 0. The SMILES string of the molecule is CCC(CC#N)Nc1ccc(F)cc1F. The Hall–Kier alpha value is -1.63. The average molecular weight is 210 g/mol. The van der Waals surface area contributed by atoms with Gasteiger partial charge >= 0.3 is 0 Å². The van der Waals surface area contributed by atoms with Gasteiger partial charge in [0.05, 0.1) is 18.2 Å². The maximum absolute atomic E-state index is 13.2. The molecular weight excluding hydrogens is 198 g/mol. The second kappa shape index (κ2) is 5.30. The Morgan fingerprint density at radius 1 is 1.47 bits per heavy atom. The maximum atomic E-state index is 13.2. The van der Waals surface area contributed by atoms with Crippen LogP contribution < -0.4 is 5.32 Å². The number of hydrogen-bond donors (Lipinski definition) is 1. The molecule has 0 amide bonds. The van der Waals surface area contributed by atoms with Crippen molar-refractivity contribution >= 4 is 5.69 Å². The second-order valence-corrected chi connectivity index (χ2v) is 3.24. The van der Waals surface area contributed by atoms with E-state index in [-0.39, 0.29) is 11.7 Å². The molecule has 1 rings (SSSR count). The third-order valence-electron chi connectivity index (χ3n) is 2.12. The number of halogens is 2. The van der Waals surface area contributed by atoms with E-state index in [2.05, 4.69) is 5.32 Å². The van der Waals surface area contributed by atoms with Crippen molar-refractivity contribution in [2.75, 3.05) is 5.32 Å². The molecule has 0 aromatic heterocycles. The Labute approximate surface area is 87.5 Å². The van der Waals surface area contributed by atoms with E-state index in [0.717, 1.165) is 6.07 Å². The lowest BCUT2D eigenvalue weighted by molar-refractivity contribution is 0.581. The minimum absolute atomic E-state index is 0.102. The molecule has 1 aromatic carbocycles. The largest absolute Gasteiger partial charge is 0.379 e. The van der Waals surface area contributed by atoms with Gasteiger partial charge in [0.2, 0.25) is 0 Å². The summed E-state index contributed by atoms with van der Waals surface area (Å²) in [7, 11) is 0. The summed E-state index contributed by atoms with van der Waals surface area (Å²) >= 11 is 0.